The quantitative estimate of drug-likeness (QED) is 0.545. The average molecular weight is 321 g/mol. The summed E-state index contributed by atoms with van der Waals surface area (Å²) in [5.74, 6) is -0.167. The van der Waals surface area contributed by atoms with Crippen LogP contribution in [0, 0.1) is 5.82 Å². The normalized spacial score (nSPS) is 12.8. The first-order valence-corrected chi connectivity index (χ1v) is 7.46. The number of halogens is 2. The highest BCUT2D eigenvalue weighted by Gasteiger charge is 2.15. The van der Waals surface area contributed by atoms with Gasteiger partial charge < -0.3 is 0 Å². The number of hydrogen-bond acceptors (Lipinski definition) is 1. The van der Waals surface area contributed by atoms with E-state index in [4.69, 9.17) is 0 Å². The zero-order chi connectivity index (χ0) is 12.5. The monoisotopic (exact) mass is 320 g/mol. The third kappa shape index (κ3) is 1.98. The second-order valence-corrected chi connectivity index (χ2v) is 5.80. The molecule has 1 aromatic heterocycles. The molecule has 2 aromatic carbocycles. The van der Waals surface area contributed by atoms with E-state index in [1.807, 2.05) is 30.3 Å². The summed E-state index contributed by atoms with van der Waals surface area (Å²) in [6.07, 6.45) is 0. The van der Waals surface area contributed by atoms with Gasteiger partial charge in [0.15, 0.2) is 0 Å². The van der Waals surface area contributed by atoms with Gasteiger partial charge in [-0.1, -0.05) is 46.3 Å². The van der Waals surface area contributed by atoms with Crippen molar-refractivity contribution in [3.05, 3.63) is 70.2 Å². The van der Waals surface area contributed by atoms with Crippen molar-refractivity contribution in [1.82, 2.24) is 0 Å². The molecule has 0 saturated carbocycles. The van der Waals surface area contributed by atoms with Gasteiger partial charge in [0.2, 0.25) is 0 Å². The molecular weight excluding hydrogens is 311 g/mol. The first-order valence-electron chi connectivity index (χ1n) is 5.60. The Kier molecular flexibility index (Phi) is 3.18. The minimum atomic E-state index is -0.167. The van der Waals surface area contributed by atoms with Crippen LogP contribution in [0.15, 0.2) is 53.2 Å². The lowest BCUT2D eigenvalue weighted by atomic mass is 9.99. The van der Waals surface area contributed by atoms with Gasteiger partial charge in [-0.2, -0.15) is 11.3 Å². The Balaban J connectivity index is 2.21. The fourth-order valence-corrected chi connectivity index (χ4v) is 3.65. The third-order valence-corrected chi connectivity index (χ3v) is 4.74. The predicted octanol–water partition coefficient (Wildman–Crippen LogP) is 5.52. The van der Waals surface area contributed by atoms with E-state index in [0.717, 1.165) is 10.9 Å². The molecule has 0 fully saturated rings. The van der Waals surface area contributed by atoms with E-state index in [1.165, 1.54) is 11.6 Å². The van der Waals surface area contributed by atoms with Crippen LogP contribution in [0.1, 0.15) is 16.0 Å². The molecular formula is C15H10BrFS. The van der Waals surface area contributed by atoms with E-state index in [2.05, 4.69) is 32.8 Å². The molecule has 0 aliphatic carbocycles. The maximum Gasteiger partial charge on any atom is 0.131 e. The highest BCUT2D eigenvalue weighted by molar-refractivity contribution is 9.09. The van der Waals surface area contributed by atoms with E-state index in [1.54, 1.807) is 11.3 Å². The smallest absolute Gasteiger partial charge is 0.131 e. The Bertz CT molecular complexity index is 676. The van der Waals surface area contributed by atoms with Gasteiger partial charge in [-0.25, -0.2) is 4.39 Å². The molecule has 18 heavy (non-hydrogen) atoms. The van der Waals surface area contributed by atoms with Gasteiger partial charge in [0, 0.05) is 5.39 Å². The molecule has 0 nitrogen and oxygen atoms in total. The number of hydrogen-bond donors (Lipinski definition) is 0. The second kappa shape index (κ2) is 4.82. The van der Waals surface area contributed by atoms with E-state index >= 15 is 0 Å². The van der Waals surface area contributed by atoms with Gasteiger partial charge >= 0.3 is 0 Å². The second-order valence-electron chi connectivity index (χ2n) is 4.10. The van der Waals surface area contributed by atoms with Gasteiger partial charge in [0.05, 0.1) is 4.83 Å². The summed E-state index contributed by atoms with van der Waals surface area (Å²) in [4.78, 5) is 0.106. The molecule has 0 aliphatic rings. The Hall–Kier alpha value is -1.19. The van der Waals surface area contributed by atoms with Gasteiger partial charge in [-0.15, -0.1) is 0 Å². The Morgan fingerprint density at radius 2 is 1.78 bits per heavy atom. The maximum atomic E-state index is 13.8. The highest BCUT2D eigenvalue weighted by atomic mass is 79.9. The van der Waals surface area contributed by atoms with Crippen molar-refractivity contribution in [2.45, 2.75) is 4.83 Å². The number of benzene rings is 2. The summed E-state index contributed by atoms with van der Waals surface area (Å²) >= 11 is 5.37. The van der Waals surface area contributed by atoms with Crippen LogP contribution in [0.25, 0.3) is 10.8 Å². The van der Waals surface area contributed by atoms with Crippen molar-refractivity contribution < 1.29 is 4.39 Å². The first kappa shape index (κ1) is 11.9. The van der Waals surface area contributed by atoms with Crippen LogP contribution < -0.4 is 0 Å². The van der Waals surface area contributed by atoms with Crippen molar-refractivity contribution in [1.29, 1.82) is 0 Å². The fourth-order valence-electron chi connectivity index (χ4n) is 2.11. The van der Waals surface area contributed by atoms with Crippen molar-refractivity contribution in [3.63, 3.8) is 0 Å². The molecule has 0 N–H and O–H groups in total. The summed E-state index contributed by atoms with van der Waals surface area (Å²) in [7, 11) is 0. The van der Waals surface area contributed by atoms with Crippen LogP contribution in [0.4, 0.5) is 4.39 Å². The van der Waals surface area contributed by atoms with Crippen LogP contribution in [0.5, 0.6) is 0 Å². The van der Waals surface area contributed by atoms with E-state index in [9.17, 15) is 4.39 Å². The fraction of sp³-hybridized carbons (Fsp3) is 0.0667. The topological polar surface area (TPSA) is 0 Å². The molecule has 1 atom stereocenters. The zero-order valence-electron chi connectivity index (χ0n) is 9.44. The largest absolute Gasteiger partial charge is 0.206 e. The number of rotatable bonds is 2. The standard InChI is InChI=1S/C15H10BrFS/c16-15(10-7-8-18-9-10)13-5-6-14(17)12-4-2-1-3-11(12)13/h1-9,15H. The molecule has 3 aromatic rings. The van der Waals surface area contributed by atoms with E-state index in [-0.39, 0.29) is 10.6 Å². The lowest BCUT2D eigenvalue weighted by Crippen LogP contribution is -1.93. The van der Waals surface area contributed by atoms with Crippen molar-refractivity contribution in [2.24, 2.45) is 0 Å². The molecule has 0 aliphatic heterocycles. The summed E-state index contributed by atoms with van der Waals surface area (Å²) in [6.45, 7) is 0. The molecule has 90 valence electrons. The zero-order valence-corrected chi connectivity index (χ0v) is 11.8. The maximum absolute atomic E-state index is 13.8. The van der Waals surface area contributed by atoms with E-state index < -0.39 is 0 Å². The van der Waals surface area contributed by atoms with Crippen molar-refractivity contribution >= 4 is 38.0 Å². The van der Waals surface area contributed by atoms with Crippen LogP contribution in [0.3, 0.4) is 0 Å². The first-order chi connectivity index (χ1) is 8.77. The minimum Gasteiger partial charge on any atom is -0.206 e. The van der Waals surface area contributed by atoms with Gasteiger partial charge in [0.1, 0.15) is 5.82 Å². The number of alkyl halides is 1. The minimum absolute atomic E-state index is 0.106. The Labute approximate surface area is 117 Å². The molecule has 3 heteroatoms. The molecule has 3 rings (SSSR count). The van der Waals surface area contributed by atoms with Gasteiger partial charge in [0.25, 0.3) is 0 Å². The van der Waals surface area contributed by atoms with Gasteiger partial charge in [-0.05, 0) is 39.4 Å². The molecule has 0 bridgehead atoms. The Morgan fingerprint density at radius 1 is 1.00 bits per heavy atom. The third-order valence-electron chi connectivity index (χ3n) is 3.01. The molecule has 0 radical (unpaired) electrons. The molecule has 0 amide bonds. The summed E-state index contributed by atoms with van der Waals surface area (Å²) in [5, 5.41) is 5.80. The predicted molar refractivity (Wildman–Crippen MR) is 79.0 cm³/mol. The number of thiophene rings is 1. The lowest BCUT2D eigenvalue weighted by Gasteiger charge is -2.12. The van der Waals surface area contributed by atoms with Gasteiger partial charge in [-0.3, -0.25) is 0 Å². The van der Waals surface area contributed by atoms with E-state index in [0.29, 0.717) is 5.39 Å². The van der Waals surface area contributed by atoms with Crippen molar-refractivity contribution in [2.75, 3.05) is 0 Å². The van der Waals surface area contributed by atoms with Crippen LogP contribution in [-0.2, 0) is 0 Å². The molecule has 0 saturated heterocycles. The van der Waals surface area contributed by atoms with Crippen LogP contribution in [-0.4, -0.2) is 0 Å². The summed E-state index contributed by atoms with van der Waals surface area (Å²) in [6, 6.07) is 13.1. The SMILES string of the molecule is Fc1ccc(C(Br)c2ccsc2)c2ccccc12. The Morgan fingerprint density at radius 3 is 2.50 bits per heavy atom. The van der Waals surface area contributed by atoms with Crippen LogP contribution >= 0.6 is 27.3 Å². The summed E-state index contributed by atoms with van der Waals surface area (Å²) < 4.78 is 13.8. The number of fused-ring (bicyclic) bond motifs is 1. The van der Waals surface area contributed by atoms with Crippen LogP contribution in [0.2, 0.25) is 0 Å². The lowest BCUT2D eigenvalue weighted by molar-refractivity contribution is 0.639. The summed E-state index contributed by atoms with van der Waals surface area (Å²) in [5.41, 5.74) is 2.31. The van der Waals surface area contributed by atoms with Crippen molar-refractivity contribution in [3.8, 4) is 0 Å². The molecule has 0 spiro atoms. The highest BCUT2D eigenvalue weighted by Crippen LogP contribution is 2.36. The molecule has 1 unspecified atom stereocenters. The molecule has 1 heterocycles. The average Bonchev–Trinajstić information content (AvgIpc) is 2.93.